The fourth-order valence-corrected chi connectivity index (χ4v) is 5.96. The Hall–Kier alpha value is -2.89. The summed E-state index contributed by atoms with van der Waals surface area (Å²) in [6.07, 6.45) is 6.91. The molecule has 2 aromatic rings. The van der Waals surface area contributed by atoms with Crippen LogP contribution in [0, 0.1) is 11.2 Å². The topological polar surface area (TPSA) is 52.7 Å². The first-order chi connectivity index (χ1) is 15.6. The summed E-state index contributed by atoms with van der Waals surface area (Å²) >= 11 is 0. The predicted octanol–water partition coefficient (Wildman–Crippen LogP) is 5.36. The van der Waals surface area contributed by atoms with E-state index in [4.69, 9.17) is 0 Å². The highest BCUT2D eigenvalue weighted by atomic mass is 19.1. The maximum atomic E-state index is 13.9. The first kappa shape index (κ1) is 21.0. The van der Waals surface area contributed by atoms with Crippen molar-refractivity contribution >= 4 is 17.6 Å². The number of nitrogens with zero attached hydrogens (tertiary/aromatic N) is 2. The Kier molecular flexibility index (Phi) is 5.62. The molecular formula is C26H30FN3O2. The summed E-state index contributed by atoms with van der Waals surface area (Å²) in [4.78, 5) is 30.0. The van der Waals surface area contributed by atoms with E-state index in [1.165, 1.54) is 18.1 Å². The number of β-lactam (4-membered cyclic amide) rings is 1. The quantitative estimate of drug-likeness (QED) is 0.660. The Morgan fingerprint density at radius 2 is 1.59 bits per heavy atom. The number of piperidine rings is 1. The Balaban J connectivity index is 1.28. The molecule has 1 N–H and O–H groups in total. The average Bonchev–Trinajstić information content (AvgIpc) is 2.84. The van der Waals surface area contributed by atoms with Crippen molar-refractivity contribution in [1.82, 2.24) is 9.80 Å². The van der Waals surface area contributed by atoms with Gasteiger partial charge < -0.3 is 15.1 Å². The highest BCUT2D eigenvalue weighted by Gasteiger charge is 2.62. The summed E-state index contributed by atoms with van der Waals surface area (Å²) in [5.41, 5.74) is 1.19. The molecule has 0 aromatic heterocycles. The lowest BCUT2D eigenvalue weighted by Gasteiger charge is -2.61. The smallest absolute Gasteiger partial charge is 0.321 e. The van der Waals surface area contributed by atoms with Crippen molar-refractivity contribution in [2.45, 2.75) is 57.0 Å². The first-order valence-electron chi connectivity index (χ1n) is 11.8. The highest BCUT2D eigenvalue weighted by molar-refractivity contribution is 5.91. The highest BCUT2D eigenvalue weighted by Crippen LogP contribution is 2.59. The van der Waals surface area contributed by atoms with Crippen LogP contribution >= 0.6 is 0 Å². The molecule has 6 heteroatoms. The third-order valence-electron chi connectivity index (χ3n) is 7.58. The van der Waals surface area contributed by atoms with E-state index in [2.05, 4.69) is 34.5 Å². The molecule has 0 radical (unpaired) electrons. The fourth-order valence-electron chi connectivity index (χ4n) is 5.96. The van der Waals surface area contributed by atoms with Gasteiger partial charge in [0.15, 0.2) is 0 Å². The number of urea groups is 1. The minimum absolute atomic E-state index is 0.137. The van der Waals surface area contributed by atoms with Crippen molar-refractivity contribution in [3.05, 3.63) is 66.0 Å². The molecule has 1 spiro atoms. The van der Waals surface area contributed by atoms with Crippen LogP contribution in [-0.2, 0) is 4.79 Å². The maximum Gasteiger partial charge on any atom is 0.321 e. The second-order valence-electron chi connectivity index (χ2n) is 9.37. The molecule has 0 bridgehead atoms. The van der Waals surface area contributed by atoms with E-state index in [1.54, 1.807) is 23.1 Å². The van der Waals surface area contributed by atoms with E-state index < -0.39 is 5.82 Å². The molecule has 2 saturated heterocycles. The molecule has 2 aliphatic heterocycles. The van der Waals surface area contributed by atoms with Gasteiger partial charge in [-0.2, -0.15) is 0 Å². The number of hydrogen-bond acceptors (Lipinski definition) is 2. The van der Waals surface area contributed by atoms with Gasteiger partial charge in [0.2, 0.25) is 5.91 Å². The molecule has 1 aliphatic carbocycles. The predicted molar refractivity (Wildman–Crippen MR) is 122 cm³/mol. The van der Waals surface area contributed by atoms with Gasteiger partial charge in [0.25, 0.3) is 0 Å². The van der Waals surface area contributed by atoms with Gasteiger partial charge in [-0.15, -0.1) is 0 Å². The number of benzene rings is 2. The number of halogens is 1. The van der Waals surface area contributed by atoms with Gasteiger partial charge in [-0.25, -0.2) is 9.18 Å². The largest absolute Gasteiger partial charge is 0.331 e. The molecule has 5 nitrogen and oxygen atoms in total. The number of anilines is 1. The average molecular weight is 436 g/mol. The normalized spacial score (nSPS) is 23.2. The molecule has 3 amide bonds. The Bertz CT molecular complexity index is 982. The third kappa shape index (κ3) is 3.55. The van der Waals surface area contributed by atoms with Gasteiger partial charge in [-0.3, -0.25) is 4.79 Å². The minimum atomic E-state index is -0.439. The lowest BCUT2D eigenvalue weighted by Crippen LogP contribution is -2.67. The monoisotopic (exact) mass is 435 g/mol. The summed E-state index contributed by atoms with van der Waals surface area (Å²) in [7, 11) is 0. The summed E-state index contributed by atoms with van der Waals surface area (Å²) in [5, 5.41) is 2.67. The zero-order valence-corrected chi connectivity index (χ0v) is 18.3. The summed E-state index contributed by atoms with van der Waals surface area (Å²) in [6, 6.07) is 16.6. The van der Waals surface area contributed by atoms with Crippen molar-refractivity contribution in [1.29, 1.82) is 0 Å². The van der Waals surface area contributed by atoms with Crippen molar-refractivity contribution in [3.63, 3.8) is 0 Å². The third-order valence-corrected chi connectivity index (χ3v) is 7.58. The van der Waals surface area contributed by atoms with Crippen molar-refractivity contribution in [2.75, 3.05) is 18.4 Å². The molecule has 3 aliphatic rings. The van der Waals surface area contributed by atoms with E-state index >= 15 is 0 Å². The van der Waals surface area contributed by atoms with Crippen LogP contribution in [0.5, 0.6) is 0 Å². The van der Waals surface area contributed by atoms with Gasteiger partial charge in [0.05, 0.1) is 17.1 Å². The van der Waals surface area contributed by atoms with Crippen LogP contribution in [-0.4, -0.2) is 40.9 Å². The zero-order chi connectivity index (χ0) is 22.1. The van der Waals surface area contributed by atoms with E-state index in [-0.39, 0.29) is 29.2 Å². The molecule has 32 heavy (non-hydrogen) atoms. The molecule has 3 fully saturated rings. The first-order valence-corrected chi connectivity index (χ1v) is 11.8. The van der Waals surface area contributed by atoms with Crippen molar-refractivity contribution in [2.24, 2.45) is 5.41 Å². The molecule has 1 unspecified atom stereocenters. The number of rotatable bonds is 3. The molecule has 5 rings (SSSR count). The number of hydrogen-bond donors (Lipinski definition) is 1. The number of amides is 3. The van der Waals surface area contributed by atoms with Crippen LogP contribution in [0.15, 0.2) is 54.6 Å². The summed E-state index contributed by atoms with van der Waals surface area (Å²) < 4.78 is 13.9. The van der Waals surface area contributed by atoms with E-state index in [1.807, 2.05) is 6.07 Å². The van der Waals surface area contributed by atoms with Gasteiger partial charge >= 0.3 is 6.03 Å². The minimum Gasteiger partial charge on any atom is -0.331 e. The van der Waals surface area contributed by atoms with Crippen molar-refractivity contribution in [3.8, 4) is 0 Å². The van der Waals surface area contributed by atoms with E-state index in [9.17, 15) is 14.0 Å². The number of para-hydroxylation sites is 1. The molecule has 1 saturated carbocycles. The lowest BCUT2D eigenvalue weighted by molar-refractivity contribution is -0.186. The SMILES string of the molecule is O=C(Nc1ccccc1F)N1CCC(N2C(=O)C3(CCCCC3)C2c2ccccc2)CC1. The van der Waals surface area contributed by atoms with Gasteiger partial charge in [-0.1, -0.05) is 61.7 Å². The number of nitrogens with one attached hydrogen (secondary N) is 1. The zero-order valence-electron chi connectivity index (χ0n) is 18.3. The Morgan fingerprint density at radius 3 is 2.28 bits per heavy atom. The van der Waals surface area contributed by atoms with Crippen molar-refractivity contribution < 1.29 is 14.0 Å². The van der Waals surface area contributed by atoms with E-state index in [0.717, 1.165) is 38.5 Å². The van der Waals surface area contributed by atoms with Gasteiger partial charge in [0.1, 0.15) is 5.82 Å². The maximum absolute atomic E-state index is 13.9. The van der Waals surface area contributed by atoms with Gasteiger partial charge in [0, 0.05) is 19.1 Å². The second kappa shape index (κ2) is 8.57. The molecule has 1 atom stereocenters. The van der Waals surface area contributed by atoms with Gasteiger partial charge in [-0.05, 0) is 43.4 Å². The molecular weight excluding hydrogens is 405 g/mol. The van der Waals surface area contributed by atoms with E-state index in [0.29, 0.717) is 19.0 Å². The number of carbonyl (C=O) groups is 2. The standard InChI is InChI=1S/C26H30FN3O2/c27-21-11-5-6-12-22(21)28-25(32)29-17-13-20(14-18-29)30-23(19-9-3-1-4-10-19)26(24(30)31)15-7-2-8-16-26/h1,3-6,9-12,20,23H,2,7-8,13-18H2,(H,28,32). The molecule has 168 valence electrons. The molecule has 2 heterocycles. The summed E-state index contributed by atoms with van der Waals surface area (Å²) in [5.74, 6) is -0.134. The Labute approximate surface area is 188 Å². The van der Waals surface area contributed by atoms with Crippen LogP contribution < -0.4 is 5.32 Å². The van der Waals surface area contributed by atoms with Crippen LogP contribution in [0.25, 0.3) is 0 Å². The van der Waals surface area contributed by atoms with Crippen LogP contribution in [0.4, 0.5) is 14.9 Å². The fraction of sp³-hybridized carbons (Fsp3) is 0.462. The molecule has 2 aromatic carbocycles. The number of carbonyl (C=O) groups excluding carboxylic acids is 2. The summed E-state index contributed by atoms with van der Waals surface area (Å²) in [6.45, 7) is 1.12. The lowest BCUT2D eigenvalue weighted by atomic mass is 9.59. The Morgan fingerprint density at radius 1 is 0.938 bits per heavy atom. The second-order valence-corrected chi connectivity index (χ2v) is 9.37. The van der Waals surface area contributed by atoms with Crippen LogP contribution in [0.1, 0.15) is 56.6 Å². The van der Waals surface area contributed by atoms with Crippen LogP contribution in [0.2, 0.25) is 0 Å². The van der Waals surface area contributed by atoms with Crippen LogP contribution in [0.3, 0.4) is 0 Å². The number of likely N-dealkylation sites (tertiary alicyclic amines) is 2.